The van der Waals surface area contributed by atoms with Crippen LogP contribution in [0.15, 0.2) is 56.6 Å². The molecular weight excluding hydrogens is 465 g/mol. The fourth-order valence-corrected chi connectivity index (χ4v) is 4.32. The Morgan fingerprint density at radius 3 is 2.53 bits per heavy atom. The molecule has 0 amide bonds. The highest BCUT2D eigenvalue weighted by Gasteiger charge is 2.31. The standard InChI is InChI=1S/C21H19ClFNO7S/c1-11-7-18-16(9-17(11)22)13(8-19(26)31-18)10-30-21(27)20(12(2)25)24-32(28,29)15-5-3-14(23)4-6-15/h3-9,12,20,24-25H,10H2,1-2H3. The molecule has 0 spiro atoms. The van der Waals surface area contributed by atoms with Crippen molar-refractivity contribution in [3.63, 3.8) is 0 Å². The van der Waals surface area contributed by atoms with Crippen molar-refractivity contribution in [1.29, 1.82) is 0 Å². The van der Waals surface area contributed by atoms with Gasteiger partial charge in [-0.3, -0.25) is 4.79 Å². The number of carbonyl (C=O) groups is 1. The first-order valence-electron chi connectivity index (χ1n) is 9.33. The summed E-state index contributed by atoms with van der Waals surface area (Å²) in [4.78, 5) is 24.1. The molecule has 1 aromatic heterocycles. The van der Waals surface area contributed by atoms with Crippen molar-refractivity contribution in [3.8, 4) is 0 Å². The summed E-state index contributed by atoms with van der Waals surface area (Å²) in [5, 5.41) is 10.8. The number of fused-ring (bicyclic) bond motifs is 1. The third kappa shape index (κ3) is 5.33. The lowest BCUT2D eigenvalue weighted by Crippen LogP contribution is -2.48. The summed E-state index contributed by atoms with van der Waals surface area (Å²) in [7, 11) is -4.26. The van der Waals surface area contributed by atoms with Crippen molar-refractivity contribution in [2.24, 2.45) is 0 Å². The molecule has 0 aliphatic heterocycles. The van der Waals surface area contributed by atoms with Gasteiger partial charge in [0, 0.05) is 22.0 Å². The van der Waals surface area contributed by atoms with Crippen LogP contribution in [0.25, 0.3) is 11.0 Å². The van der Waals surface area contributed by atoms with Gasteiger partial charge in [-0.05, 0) is 55.8 Å². The van der Waals surface area contributed by atoms with Crippen LogP contribution in [-0.2, 0) is 26.2 Å². The van der Waals surface area contributed by atoms with Gasteiger partial charge in [0.1, 0.15) is 24.0 Å². The molecule has 0 radical (unpaired) electrons. The largest absolute Gasteiger partial charge is 0.460 e. The number of hydrogen-bond donors (Lipinski definition) is 2. The molecular formula is C21H19ClFNO7S. The zero-order valence-corrected chi connectivity index (χ0v) is 18.5. The summed E-state index contributed by atoms with van der Waals surface area (Å²) in [6.45, 7) is 2.53. The van der Waals surface area contributed by atoms with E-state index in [0.29, 0.717) is 16.0 Å². The molecule has 0 saturated heterocycles. The number of sulfonamides is 1. The van der Waals surface area contributed by atoms with Crippen molar-refractivity contribution < 1.29 is 31.9 Å². The summed E-state index contributed by atoms with van der Waals surface area (Å²) in [5.41, 5.74) is 0.543. The van der Waals surface area contributed by atoms with E-state index in [4.69, 9.17) is 20.8 Å². The number of esters is 1. The number of aliphatic hydroxyl groups excluding tert-OH is 1. The molecule has 3 rings (SSSR count). The van der Waals surface area contributed by atoms with Crippen molar-refractivity contribution >= 4 is 38.6 Å². The van der Waals surface area contributed by atoms with E-state index in [1.165, 1.54) is 6.92 Å². The molecule has 2 aromatic carbocycles. The summed E-state index contributed by atoms with van der Waals surface area (Å²) in [6, 6.07) is 6.53. The second-order valence-corrected chi connectivity index (χ2v) is 9.21. The summed E-state index contributed by atoms with van der Waals surface area (Å²) >= 11 is 6.13. The van der Waals surface area contributed by atoms with Gasteiger partial charge in [-0.25, -0.2) is 17.6 Å². The van der Waals surface area contributed by atoms with E-state index >= 15 is 0 Å². The van der Waals surface area contributed by atoms with Crippen LogP contribution in [0, 0.1) is 12.7 Å². The number of benzene rings is 2. The Hall–Kier alpha value is -2.79. The zero-order chi connectivity index (χ0) is 23.6. The van der Waals surface area contributed by atoms with Crippen LogP contribution in [0.3, 0.4) is 0 Å². The first-order chi connectivity index (χ1) is 15.0. The average Bonchev–Trinajstić information content (AvgIpc) is 2.71. The first-order valence-corrected chi connectivity index (χ1v) is 11.2. The number of aryl methyl sites for hydroxylation is 1. The van der Waals surface area contributed by atoms with Crippen molar-refractivity contribution in [2.45, 2.75) is 37.5 Å². The second kappa shape index (κ2) is 9.37. The van der Waals surface area contributed by atoms with Gasteiger partial charge in [-0.15, -0.1) is 0 Å². The lowest BCUT2D eigenvalue weighted by molar-refractivity contribution is -0.149. The Bertz CT molecular complexity index is 1320. The number of nitrogens with one attached hydrogen (secondary N) is 1. The summed E-state index contributed by atoms with van der Waals surface area (Å²) in [6.07, 6.45) is -1.45. The minimum absolute atomic E-state index is 0.245. The average molecular weight is 484 g/mol. The smallest absolute Gasteiger partial charge is 0.336 e. The minimum atomic E-state index is -4.26. The monoisotopic (exact) mass is 483 g/mol. The minimum Gasteiger partial charge on any atom is -0.460 e. The Labute approximate surface area is 187 Å². The maximum absolute atomic E-state index is 13.1. The van der Waals surface area contributed by atoms with Gasteiger partial charge in [0.15, 0.2) is 0 Å². The number of hydrogen-bond acceptors (Lipinski definition) is 7. The van der Waals surface area contributed by atoms with Crippen LogP contribution < -0.4 is 10.3 Å². The van der Waals surface area contributed by atoms with E-state index in [-0.39, 0.29) is 16.0 Å². The fourth-order valence-electron chi connectivity index (χ4n) is 2.90. The number of ether oxygens (including phenoxy) is 1. The highest BCUT2D eigenvalue weighted by molar-refractivity contribution is 7.89. The Balaban J connectivity index is 1.82. The van der Waals surface area contributed by atoms with Gasteiger partial charge in [0.25, 0.3) is 0 Å². The molecule has 0 aliphatic rings. The van der Waals surface area contributed by atoms with E-state index in [1.54, 1.807) is 19.1 Å². The Morgan fingerprint density at radius 2 is 1.91 bits per heavy atom. The van der Waals surface area contributed by atoms with Crippen LogP contribution in [-0.4, -0.2) is 31.6 Å². The highest BCUT2D eigenvalue weighted by Crippen LogP contribution is 2.25. The normalized spacial score (nSPS) is 13.7. The molecule has 0 aliphatic carbocycles. The molecule has 32 heavy (non-hydrogen) atoms. The van der Waals surface area contributed by atoms with Crippen LogP contribution in [0.2, 0.25) is 5.02 Å². The molecule has 11 heteroatoms. The molecule has 1 heterocycles. The summed E-state index contributed by atoms with van der Waals surface area (Å²) in [5.74, 6) is -1.71. The highest BCUT2D eigenvalue weighted by atomic mass is 35.5. The van der Waals surface area contributed by atoms with Crippen LogP contribution in [0.1, 0.15) is 18.1 Å². The summed E-state index contributed by atoms with van der Waals surface area (Å²) < 4.78 is 50.5. The molecule has 0 bridgehead atoms. The van der Waals surface area contributed by atoms with E-state index in [0.717, 1.165) is 30.3 Å². The lowest BCUT2D eigenvalue weighted by Gasteiger charge is -2.20. The maximum Gasteiger partial charge on any atom is 0.336 e. The van der Waals surface area contributed by atoms with Crippen molar-refractivity contribution in [1.82, 2.24) is 4.72 Å². The van der Waals surface area contributed by atoms with Crippen LogP contribution in [0.4, 0.5) is 4.39 Å². The number of aliphatic hydroxyl groups is 1. The Kier molecular flexibility index (Phi) is 6.99. The SMILES string of the molecule is Cc1cc2oc(=O)cc(COC(=O)C(NS(=O)(=O)c3ccc(F)cc3)C(C)O)c2cc1Cl. The van der Waals surface area contributed by atoms with Crippen LogP contribution >= 0.6 is 11.6 Å². The van der Waals surface area contributed by atoms with Gasteiger partial charge >= 0.3 is 11.6 Å². The van der Waals surface area contributed by atoms with E-state index < -0.39 is 46.2 Å². The topological polar surface area (TPSA) is 123 Å². The second-order valence-electron chi connectivity index (χ2n) is 7.09. The number of halogens is 2. The molecule has 0 saturated carbocycles. The third-order valence-corrected chi connectivity index (χ3v) is 6.49. The number of carbonyl (C=O) groups excluding carboxylic acids is 1. The quantitative estimate of drug-likeness (QED) is 0.391. The predicted octanol–water partition coefficient (Wildman–Crippen LogP) is 2.67. The van der Waals surface area contributed by atoms with Gasteiger partial charge in [-0.1, -0.05) is 11.6 Å². The molecule has 170 valence electrons. The van der Waals surface area contributed by atoms with E-state index in [9.17, 15) is 27.5 Å². The maximum atomic E-state index is 13.1. The fraction of sp³-hybridized carbons (Fsp3) is 0.238. The van der Waals surface area contributed by atoms with Gasteiger partial charge in [0.2, 0.25) is 10.0 Å². The molecule has 8 nitrogen and oxygen atoms in total. The first kappa shape index (κ1) is 23.9. The predicted molar refractivity (Wildman–Crippen MR) is 114 cm³/mol. The van der Waals surface area contributed by atoms with E-state index in [1.807, 2.05) is 0 Å². The van der Waals surface area contributed by atoms with Crippen molar-refractivity contribution in [3.05, 3.63) is 74.9 Å². The molecule has 3 aromatic rings. The van der Waals surface area contributed by atoms with Crippen molar-refractivity contribution in [2.75, 3.05) is 0 Å². The molecule has 2 N–H and O–H groups in total. The zero-order valence-electron chi connectivity index (χ0n) is 17.0. The lowest BCUT2D eigenvalue weighted by atomic mass is 10.1. The van der Waals surface area contributed by atoms with Gasteiger partial charge < -0.3 is 14.3 Å². The third-order valence-electron chi connectivity index (χ3n) is 4.62. The number of rotatable bonds is 7. The van der Waals surface area contributed by atoms with Crippen LogP contribution in [0.5, 0.6) is 0 Å². The molecule has 2 unspecified atom stereocenters. The van der Waals surface area contributed by atoms with Gasteiger partial charge in [-0.2, -0.15) is 4.72 Å². The van der Waals surface area contributed by atoms with Gasteiger partial charge in [0.05, 0.1) is 11.0 Å². The Morgan fingerprint density at radius 1 is 1.25 bits per heavy atom. The van der Waals surface area contributed by atoms with E-state index in [2.05, 4.69) is 4.72 Å². The molecule has 2 atom stereocenters. The molecule has 0 fully saturated rings.